The Morgan fingerprint density at radius 1 is 1.14 bits per heavy atom. The zero-order valence-corrected chi connectivity index (χ0v) is 22.2. The molecule has 1 unspecified atom stereocenters. The highest BCUT2D eigenvalue weighted by atomic mass is 19.1. The lowest BCUT2D eigenvalue weighted by molar-refractivity contribution is -0.133. The van der Waals surface area contributed by atoms with Crippen molar-refractivity contribution < 1.29 is 28.2 Å². The van der Waals surface area contributed by atoms with Crippen LogP contribution < -0.4 is 14.8 Å². The molecule has 0 radical (unpaired) electrons. The van der Waals surface area contributed by atoms with Crippen LogP contribution in [-0.2, 0) is 9.53 Å². The molecular weight excluding hydrogens is 479 g/mol. The molecule has 2 aromatic rings. The molecule has 1 atom stereocenters. The second-order valence-electron chi connectivity index (χ2n) is 9.69. The van der Waals surface area contributed by atoms with Crippen LogP contribution in [0.3, 0.4) is 0 Å². The summed E-state index contributed by atoms with van der Waals surface area (Å²) in [7, 11) is 4.61. The molecule has 1 heterocycles. The lowest BCUT2D eigenvalue weighted by atomic mass is 9.97. The predicted molar refractivity (Wildman–Crippen MR) is 138 cm³/mol. The zero-order valence-electron chi connectivity index (χ0n) is 22.2. The van der Waals surface area contributed by atoms with Crippen molar-refractivity contribution in [2.45, 2.75) is 38.8 Å². The van der Waals surface area contributed by atoms with E-state index >= 15 is 0 Å². The van der Waals surface area contributed by atoms with Crippen molar-refractivity contribution in [2.24, 2.45) is 5.10 Å². The molecule has 1 aliphatic rings. The second kappa shape index (κ2) is 12.1. The van der Waals surface area contributed by atoms with Crippen LogP contribution in [0, 0.1) is 5.82 Å². The Hall–Kier alpha value is -3.66. The summed E-state index contributed by atoms with van der Waals surface area (Å²) in [6, 6.07) is 10.6. The number of carbonyl (C=O) groups is 2. The Morgan fingerprint density at radius 3 is 2.49 bits per heavy atom. The van der Waals surface area contributed by atoms with E-state index in [4.69, 9.17) is 14.2 Å². The summed E-state index contributed by atoms with van der Waals surface area (Å²) in [6.07, 6.45) is 0.252. The first-order valence-corrected chi connectivity index (χ1v) is 12.0. The molecule has 3 amide bonds. The number of methoxy groups -OCH3 is 3. The fraction of sp³-hybridized carbons (Fsp3) is 0.444. The van der Waals surface area contributed by atoms with Gasteiger partial charge in [0, 0.05) is 36.7 Å². The van der Waals surface area contributed by atoms with Gasteiger partial charge in [0.2, 0.25) is 0 Å². The van der Waals surface area contributed by atoms with Gasteiger partial charge >= 0.3 is 6.03 Å². The number of benzene rings is 2. The molecule has 0 fully saturated rings. The maximum absolute atomic E-state index is 14.7. The Morgan fingerprint density at radius 2 is 1.86 bits per heavy atom. The zero-order chi connectivity index (χ0) is 27.2. The number of hydrogen-bond donors (Lipinski definition) is 1. The molecule has 0 saturated heterocycles. The average Bonchev–Trinajstić information content (AvgIpc) is 3.30. The molecule has 1 aliphatic heterocycles. The molecular formula is C27H35FN4O5. The molecule has 9 nitrogen and oxygen atoms in total. The Balaban J connectivity index is 1.99. The van der Waals surface area contributed by atoms with Gasteiger partial charge in [-0.2, -0.15) is 5.10 Å². The molecule has 3 rings (SSSR count). The standard InChI is InChI=1S/C27H35FN4O5/c1-27(2,3)29-26(34)31(13-14-35-4)17-25(33)32-23(20-15-18(36-5)11-12-24(20)37-6)16-22(30-32)19-9-7-8-10-21(19)28/h7-12,15,23H,13-14,16-17H2,1-6H3,(H,29,34). The number of hydrazone groups is 1. The lowest BCUT2D eigenvalue weighted by Crippen LogP contribution is -2.52. The van der Waals surface area contributed by atoms with Gasteiger partial charge in [-0.15, -0.1) is 0 Å². The summed E-state index contributed by atoms with van der Waals surface area (Å²) >= 11 is 0. The minimum absolute atomic E-state index is 0.203. The third-order valence-corrected chi connectivity index (χ3v) is 5.81. The molecule has 0 saturated carbocycles. The van der Waals surface area contributed by atoms with Crippen molar-refractivity contribution in [3.8, 4) is 11.5 Å². The van der Waals surface area contributed by atoms with E-state index in [1.165, 1.54) is 30.2 Å². The number of nitrogens with one attached hydrogen (secondary N) is 1. The monoisotopic (exact) mass is 514 g/mol. The number of rotatable bonds is 9. The number of ether oxygens (including phenoxy) is 3. The Labute approximate surface area is 217 Å². The van der Waals surface area contributed by atoms with Crippen molar-refractivity contribution in [1.82, 2.24) is 15.2 Å². The van der Waals surface area contributed by atoms with Gasteiger partial charge in [-0.05, 0) is 45.0 Å². The highest BCUT2D eigenvalue weighted by Crippen LogP contribution is 2.39. The van der Waals surface area contributed by atoms with Crippen LogP contribution in [0.1, 0.15) is 44.4 Å². The van der Waals surface area contributed by atoms with Crippen molar-refractivity contribution in [1.29, 1.82) is 0 Å². The molecule has 37 heavy (non-hydrogen) atoms. The second-order valence-corrected chi connectivity index (χ2v) is 9.69. The normalized spacial score (nSPS) is 15.3. The highest BCUT2D eigenvalue weighted by molar-refractivity contribution is 6.03. The lowest BCUT2D eigenvalue weighted by Gasteiger charge is -2.30. The van der Waals surface area contributed by atoms with Gasteiger partial charge in [0.25, 0.3) is 5.91 Å². The largest absolute Gasteiger partial charge is 0.497 e. The summed E-state index contributed by atoms with van der Waals surface area (Å²) in [5.74, 6) is 0.253. The maximum Gasteiger partial charge on any atom is 0.318 e. The predicted octanol–water partition coefficient (Wildman–Crippen LogP) is 3.98. The van der Waals surface area contributed by atoms with E-state index in [0.29, 0.717) is 28.3 Å². The van der Waals surface area contributed by atoms with Gasteiger partial charge in [0.1, 0.15) is 23.9 Å². The topological polar surface area (TPSA) is 92.7 Å². The summed E-state index contributed by atoms with van der Waals surface area (Å²) < 4.78 is 30.8. The quantitative estimate of drug-likeness (QED) is 0.547. The SMILES string of the molecule is COCCN(CC(=O)N1N=C(c2ccccc2F)CC1c1cc(OC)ccc1OC)C(=O)NC(C)(C)C. The van der Waals surface area contributed by atoms with Crippen LogP contribution in [-0.4, -0.2) is 74.1 Å². The van der Waals surface area contributed by atoms with Crippen LogP contribution in [0.25, 0.3) is 0 Å². The molecule has 1 N–H and O–H groups in total. The number of nitrogens with zero attached hydrogens (tertiary/aromatic N) is 3. The smallest absolute Gasteiger partial charge is 0.318 e. The Kier molecular flexibility index (Phi) is 9.09. The van der Waals surface area contributed by atoms with E-state index in [1.807, 2.05) is 20.8 Å². The van der Waals surface area contributed by atoms with Crippen LogP contribution in [0.15, 0.2) is 47.6 Å². The third kappa shape index (κ3) is 6.97. The third-order valence-electron chi connectivity index (χ3n) is 5.81. The summed E-state index contributed by atoms with van der Waals surface area (Å²) in [5.41, 5.74) is 0.898. The van der Waals surface area contributed by atoms with Gasteiger partial charge in [0.05, 0.1) is 32.6 Å². The van der Waals surface area contributed by atoms with Gasteiger partial charge < -0.3 is 24.4 Å². The molecule has 2 aromatic carbocycles. The fourth-order valence-electron chi connectivity index (χ4n) is 4.03. The highest BCUT2D eigenvalue weighted by Gasteiger charge is 2.37. The van der Waals surface area contributed by atoms with Crippen molar-refractivity contribution >= 4 is 17.6 Å². The van der Waals surface area contributed by atoms with E-state index in [2.05, 4.69) is 10.4 Å². The van der Waals surface area contributed by atoms with Crippen LogP contribution in [0.4, 0.5) is 9.18 Å². The first-order chi connectivity index (χ1) is 17.6. The molecule has 0 aliphatic carbocycles. The number of halogens is 1. The van der Waals surface area contributed by atoms with Gasteiger partial charge in [-0.3, -0.25) is 4.79 Å². The van der Waals surface area contributed by atoms with Crippen molar-refractivity contribution in [2.75, 3.05) is 41.0 Å². The van der Waals surface area contributed by atoms with Gasteiger partial charge in [0.15, 0.2) is 0 Å². The molecule has 10 heteroatoms. The van der Waals surface area contributed by atoms with Crippen molar-refractivity contribution in [3.05, 3.63) is 59.4 Å². The van der Waals surface area contributed by atoms with E-state index < -0.39 is 29.3 Å². The van der Waals surface area contributed by atoms with E-state index in [0.717, 1.165) is 0 Å². The first-order valence-electron chi connectivity index (χ1n) is 12.0. The summed E-state index contributed by atoms with van der Waals surface area (Å²) in [6.45, 7) is 5.78. The number of amides is 3. The molecule has 200 valence electrons. The number of urea groups is 1. The summed E-state index contributed by atoms with van der Waals surface area (Å²) in [4.78, 5) is 28.0. The molecule has 0 spiro atoms. The van der Waals surface area contributed by atoms with Gasteiger partial charge in [-0.25, -0.2) is 14.2 Å². The number of hydrogen-bond acceptors (Lipinski definition) is 6. The molecule has 0 aromatic heterocycles. The van der Waals surface area contributed by atoms with E-state index in [-0.39, 0.29) is 26.1 Å². The number of carbonyl (C=O) groups excluding carboxylic acids is 2. The fourth-order valence-corrected chi connectivity index (χ4v) is 4.03. The van der Waals surface area contributed by atoms with Crippen LogP contribution in [0.5, 0.6) is 11.5 Å². The Bertz CT molecular complexity index is 1150. The van der Waals surface area contributed by atoms with Crippen LogP contribution >= 0.6 is 0 Å². The van der Waals surface area contributed by atoms with Crippen LogP contribution in [0.2, 0.25) is 0 Å². The summed E-state index contributed by atoms with van der Waals surface area (Å²) in [5, 5.41) is 8.74. The minimum Gasteiger partial charge on any atom is -0.497 e. The van der Waals surface area contributed by atoms with E-state index in [1.54, 1.807) is 43.5 Å². The maximum atomic E-state index is 14.7. The average molecular weight is 515 g/mol. The van der Waals surface area contributed by atoms with Crippen molar-refractivity contribution in [3.63, 3.8) is 0 Å². The minimum atomic E-state index is -0.595. The van der Waals surface area contributed by atoms with E-state index in [9.17, 15) is 14.0 Å². The van der Waals surface area contributed by atoms with Gasteiger partial charge in [-0.1, -0.05) is 18.2 Å². The molecule has 0 bridgehead atoms. The first kappa shape index (κ1) is 27.9.